The maximum Gasteiger partial charge on any atom is 0.257 e. The van der Waals surface area contributed by atoms with Crippen LogP contribution in [0, 0.1) is 0 Å². The van der Waals surface area contributed by atoms with E-state index in [-0.39, 0.29) is 5.91 Å². The third-order valence-electron chi connectivity index (χ3n) is 5.56. The maximum atomic E-state index is 12.9. The van der Waals surface area contributed by atoms with E-state index in [9.17, 15) is 4.79 Å². The summed E-state index contributed by atoms with van der Waals surface area (Å²) in [5.41, 5.74) is 3.90. The summed E-state index contributed by atoms with van der Waals surface area (Å²) in [4.78, 5) is 21.9. The molecule has 0 bridgehead atoms. The van der Waals surface area contributed by atoms with Gasteiger partial charge in [-0.1, -0.05) is 0 Å². The van der Waals surface area contributed by atoms with Crippen molar-refractivity contribution in [2.24, 2.45) is 0 Å². The zero-order valence-corrected chi connectivity index (χ0v) is 16.9. The quantitative estimate of drug-likeness (QED) is 0.698. The molecule has 1 saturated heterocycles. The number of fused-ring (bicyclic) bond motifs is 2. The van der Waals surface area contributed by atoms with Gasteiger partial charge in [0.05, 0.1) is 24.5 Å². The second-order valence-corrected chi connectivity index (χ2v) is 7.54. The van der Waals surface area contributed by atoms with Crippen LogP contribution in [0.4, 0.5) is 5.69 Å². The molecule has 0 radical (unpaired) electrons. The molecule has 0 saturated carbocycles. The number of carbonyl (C=O) groups is 1. The van der Waals surface area contributed by atoms with E-state index in [0.29, 0.717) is 42.0 Å². The SMILES string of the molecule is CCOc1cc2nc(C3CCOCC3)cn2cc1NC(=O)c1cnc2c(c1)CCO2. The van der Waals surface area contributed by atoms with Gasteiger partial charge in [-0.25, -0.2) is 9.97 Å². The molecule has 8 heteroatoms. The Morgan fingerprint density at radius 2 is 2.13 bits per heavy atom. The van der Waals surface area contributed by atoms with Crippen LogP contribution in [0.25, 0.3) is 5.65 Å². The van der Waals surface area contributed by atoms with Crippen LogP contribution in [0.1, 0.15) is 47.3 Å². The molecule has 2 aliphatic rings. The standard InChI is InChI=1S/C22H24N4O4/c1-2-29-19-10-20-24-17(14-3-6-28-7-4-14)12-26(20)13-18(19)25-21(27)16-9-15-5-8-30-22(15)23-11-16/h9-14H,2-8H2,1H3,(H,25,27). The molecule has 30 heavy (non-hydrogen) atoms. The number of pyridine rings is 2. The minimum atomic E-state index is -0.234. The largest absolute Gasteiger partial charge is 0.491 e. The summed E-state index contributed by atoms with van der Waals surface area (Å²) in [5, 5.41) is 2.97. The first-order valence-electron chi connectivity index (χ1n) is 10.4. The van der Waals surface area contributed by atoms with E-state index in [0.717, 1.165) is 49.4 Å². The van der Waals surface area contributed by atoms with Crippen LogP contribution in [0.2, 0.25) is 0 Å². The molecular weight excluding hydrogens is 384 g/mol. The molecule has 0 aliphatic carbocycles. The van der Waals surface area contributed by atoms with Crippen molar-refractivity contribution in [1.29, 1.82) is 0 Å². The Bertz CT molecular complexity index is 1090. The summed E-state index contributed by atoms with van der Waals surface area (Å²) in [5.74, 6) is 1.37. The zero-order chi connectivity index (χ0) is 20.5. The predicted molar refractivity (Wildman–Crippen MR) is 111 cm³/mol. The van der Waals surface area contributed by atoms with E-state index >= 15 is 0 Å². The Morgan fingerprint density at radius 1 is 1.27 bits per heavy atom. The first-order valence-corrected chi connectivity index (χ1v) is 10.4. The predicted octanol–water partition coefficient (Wildman–Crippen LogP) is 3.21. The van der Waals surface area contributed by atoms with Crippen LogP contribution >= 0.6 is 0 Å². The lowest BCUT2D eigenvalue weighted by molar-refractivity contribution is 0.0846. The number of imidazole rings is 1. The van der Waals surface area contributed by atoms with Crippen LogP contribution in [0.5, 0.6) is 11.6 Å². The highest BCUT2D eigenvalue weighted by Crippen LogP contribution is 2.31. The lowest BCUT2D eigenvalue weighted by atomic mass is 9.97. The molecule has 0 atom stereocenters. The van der Waals surface area contributed by atoms with Gasteiger partial charge in [0.1, 0.15) is 17.1 Å². The highest BCUT2D eigenvalue weighted by Gasteiger charge is 2.21. The number of hydrogen-bond donors (Lipinski definition) is 1. The van der Waals surface area contributed by atoms with Gasteiger partial charge in [0.15, 0.2) is 0 Å². The summed E-state index contributed by atoms with van der Waals surface area (Å²) in [7, 11) is 0. The number of ether oxygens (including phenoxy) is 3. The molecule has 5 heterocycles. The first kappa shape index (κ1) is 18.9. The summed E-state index contributed by atoms with van der Waals surface area (Å²) in [6.07, 6.45) is 8.15. The van der Waals surface area contributed by atoms with Crippen LogP contribution in [0.15, 0.2) is 30.7 Å². The van der Waals surface area contributed by atoms with Gasteiger partial charge in [-0.15, -0.1) is 0 Å². The highest BCUT2D eigenvalue weighted by molar-refractivity contribution is 6.05. The normalized spacial score (nSPS) is 16.3. The number of nitrogens with one attached hydrogen (secondary N) is 1. The summed E-state index contributed by atoms with van der Waals surface area (Å²) in [6.45, 7) is 4.55. The Hall–Kier alpha value is -3.13. The van der Waals surface area contributed by atoms with Crippen molar-refractivity contribution >= 4 is 17.2 Å². The van der Waals surface area contributed by atoms with Crippen molar-refractivity contribution in [2.45, 2.75) is 32.1 Å². The topological polar surface area (TPSA) is 87.0 Å². The molecule has 1 fully saturated rings. The summed E-state index contributed by atoms with van der Waals surface area (Å²) >= 11 is 0. The van der Waals surface area contributed by atoms with E-state index in [4.69, 9.17) is 19.2 Å². The number of amides is 1. The molecule has 1 N–H and O–H groups in total. The highest BCUT2D eigenvalue weighted by atomic mass is 16.5. The second kappa shape index (κ2) is 7.95. The average molecular weight is 408 g/mol. The Morgan fingerprint density at radius 3 is 2.97 bits per heavy atom. The molecule has 0 spiro atoms. The monoisotopic (exact) mass is 408 g/mol. The van der Waals surface area contributed by atoms with E-state index in [1.165, 1.54) is 0 Å². The number of anilines is 1. The zero-order valence-electron chi connectivity index (χ0n) is 16.9. The smallest absolute Gasteiger partial charge is 0.257 e. The van der Waals surface area contributed by atoms with Crippen LogP contribution in [-0.2, 0) is 11.2 Å². The van der Waals surface area contributed by atoms with Gasteiger partial charge in [0, 0.05) is 55.8 Å². The average Bonchev–Trinajstić information content (AvgIpc) is 3.40. The molecule has 156 valence electrons. The van der Waals surface area contributed by atoms with Crippen LogP contribution in [0.3, 0.4) is 0 Å². The van der Waals surface area contributed by atoms with E-state index in [1.807, 2.05) is 35.9 Å². The van der Waals surface area contributed by atoms with Gasteiger partial charge in [-0.05, 0) is 25.8 Å². The van der Waals surface area contributed by atoms with Crippen molar-refractivity contribution in [2.75, 3.05) is 31.7 Å². The second-order valence-electron chi connectivity index (χ2n) is 7.54. The molecule has 5 rings (SSSR count). The van der Waals surface area contributed by atoms with Gasteiger partial charge in [-0.2, -0.15) is 0 Å². The van der Waals surface area contributed by atoms with Gasteiger partial charge in [0.25, 0.3) is 5.91 Å². The van der Waals surface area contributed by atoms with Gasteiger partial charge in [0.2, 0.25) is 5.88 Å². The van der Waals surface area contributed by atoms with Gasteiger partial charge in [-0.3, -0.25) is 4.79 Å². The van der Waals surface area contributed by atoms with Crippen molar-refractivity contribution in [3.05, 3.63) is 47.5 Å². The molecule has 3 aromatic rings. The minimum Gasteiger partial charge on any atom is -0.491 e. The fourth-order valence-electron chi connectivity index (χ4n) is 3.98. The fourth-order valence-corrected chi connectivity index (χ4v) is 3.98. The Labute approximate surface area is 174 Å². The molecule has 1 amide bonds. The third kappa shape index (κ3) is 3.59. The maximum absolute atomic E-state index is 12.9. The lowest BCUT2D eigenvalue weighted by Gasteiger charge is -2.19. The first-order chi connectivity index (χ1) is 14.7. The Balaban J connectivity index is 1.44. The molecule has 8 nitrogen and oxygen atoms in total. The third-order valence-corrected chi connectivity index (χ3v) is 5.56. The van der Waals surface area contributed by atoms with E-state index in [1.54, 1.807) is 6.20 Å². The number of nitrogens with zero attached hydrogens (tertiary/aromatic N) is 3. The summed E-state index contributed by atoms with van der Waals surface area (Å²) in [6, 6.07) is 3.71. The molecule has 2 aliphatic heterocycles. The molecular formula is C22H24N4O4. The minimum absolute atomic E-state index is 0.234. The van der Waals surface area contributed by atoms with E-state index in [2.05, 4.69) is 10.3 Å². The van der Waals surface area contributed by atoms with Crippen molar-refractivity contribution in [3.8, 4) is 11.6 Å². The fraction of sp³-hybridized carbons (Fsp3) is 0.409. The van der Waals surface area contributed by atoms with Crippen molar-refractivity contribution in [3.63, 3.8) is 0 Å². The van der Waals surface area contributed by atoms with Crippen molar-refractivity contribution in [1.82, 2.24) is 14.4 Å². The molecule has 3 aromatic heterocycles. The van der Waals surface area contributed by atoms with Crippen LogP contribution < -0.4 is 14.8 Å². The Kier molecular flexibility index (Phi) is 5.00. The molecule has 0 aromatic carbocycles. The van der Waals surface area contributed by atoms with Gasteiger partial charge >= 0.3 is 0 Å². The van der Waals surface area contributed by atoms with Gasteiger partial charge < -0.3 is 23.9 Å². The number of hydrogen-bond acceptors (Lipinski definition) is 6. The van der Waals surface area contributed by atoms with Crippen molar-refractivity contribution < 1.29 is 19.0 Å². The van der Waals surface area contributed by atoms with E-state index < -0.39 is 0 Å². The molecule has 0 unspecified atom stereocenters. The number of aromatic nitrogens is 3. The number of rotatable bonds is 5. The van der Waals surface area contributed by atoms with Crippen LogP contribution in [-0.4, -0.2) is 46.7 Å². The summed E-state index contributed by atoms with van der Waals surface area (Å²) < 4.78 is 18.6. The number of carbonyl (C=O) groups excluding carboxylic acids is 1. The lowest BCUT2D eigenvalue weighted by Crippen LogP contribution is -2.14.